The minimum absolute atomic E-state index is 0.969. The van der Waals surface area contributed by atoms with Crippen molar-refractivity contribution in [1.29, 1.82) is 0 Å². The molecule has 2 aromatic heterocycles. The highest BCUT2D eigenvalue weighted by molar-refractivity contribution is 7.23. The van der Waals surface area contributed by atoms with Crippen LogP contribution in [-0.4, -0.2) is 0 Å². The summed E-state index contributed by atoms with van der Waals surface area (Å²) in [6.45, 7) is 8.97. The summed E-state index contributed by atoms with van der Waals surface area (Å²) in [6.07, 6.45) is 19.6. The van der Waals surface area contributed by atoms with Crippen molar-refractivity contribution in [2.75, 3.05) is 0 Å². The lowest BCUT2D eigenvalue weighted by molar-refractivity contribution is 0.632. The monoisotopic (exact) mass is 846 g/mol. The van der Waals surface area contributed by atoms with Gasteiger partial charge in [0.1, 0.15) is 0 Å². The highest BCUT2D eigenvalue weighted by Gasteiger charge is 2.16. The van der Waals surface area contributed by atoms with Gasteiger partial charge in [0, 0.05) is 33.4 Å². The van der Waals surface area contributed by atoms with Gasteiger partial charge in [-0.2, -0.15) is 0 Å². The molecule has 0 bridgehead atoms. The van der Waals surface area contributed by atoms with Crippen LogP contribution in [0.3, 0.4) is 0 Å². The first-order valence-corrected chi connectivity index (χ1v) is 24.9. The van der Waals surface area contributed by atoms with Crippen LogP contribution in [0.25, 0.3) is 9.75 Å². The Bertz CT molecular complexity index is 2360. The zero-order chi connectivity index (χ0) is 43.2. The number of unbranched alkanes of at least 4 members (excludes halogenated alkanes) is 8. The van der Waals surface area contributed by atoms with Crippen molar-refractivity contribution in [3.8, 4) is 57.1 Å². The molecule has 0 radical (unpaired) electrons. The molecule has 6 rings (SSSR count). The number of hydrogen-bond donors (Lipinski definition) is 0. The molecule has 62 heavy (non-hydrogen) atoms. The van der Waals surface area contributed by atoms with E-state index in [-0.39, 0.29) is 0 Å². The standard InChI is InChI=1S/C60H62S2/c1-5-9-11-13-15-19-49-25-33-51(34-26-49)37-41-55-45-57(43-39-53-29-21-47(17-7-3)22-30-53)61-59(55)60-56(42-38-52-35-27-50(28-36-52)20-16-14-12-10-6-2)46-58(62-60)44-40-54-31-23-48(18-8-4)24-32-54/h21-36,45-46H,5-20H2,1-4H3. The molecule has 0 N–H and O–H groups in total. The lowest BCUT2D eigenvalue weighted by Gasteiger charge is -2.02. The Morgan fingerprint density at radius 2 is 0.613 bits per heavy atom. The van der Waals surface area contributed by atoms with Crippen LogP contribution in [0.2, 0.25) is 0 Å². The van der Waals surface area contributed by atoms with Gasteiger partial charge in [-0.05, 0) is 121 Å². The van der Waals surface area contributed by atoms with Crippen molar-refractivity contribution in [2.45, 2.75) is 130 Å². The zero-order valence-corrected chi connectivity index (χ0v) is 39.2. The van der Waals surface area contributed by atoms with Crippen LogP contribution in [0, 0.1) is 47.4 Å². The van der Waals surface area contributed by atoms with Gasteiger partial charge in [0.2, 0.25) is 0 Å². The minimum Gasteiger partial charge on any atom is -0.124 e. The maximum atomic E-state index is 3.59. The Hall–Kier alpha value is -5.48. The second kappa shape index (κ2) is 25.5. The first-order chi connectivity index (χ1) is 30.5. The first kappa shape index (κ1) is 46.0. The maximum Gasteiger partial charge on any atom is 0.0792 e. The van der Waals surface area contributed by atoms with Crippen LogP contribution in [0.1, 0.15) is 170 Å². The molecule has 0 fully saturated rings. The number of hydrogen-bond acceptors (Lipinski definition) is 2. The summed E-state index contributed by atoms with van der Waals surface area (Å²) < 4.78 is 0. The summed E-state index contributed by atoms with van der Waals surface area (Å²) >= 11 is 3.40. The summed E-state index contributed by atoms with van der Waals surface area (Å²) in [5, 5.41) is 0. The molecule has 0 atom stereocenters. The van der Waals surface area contributed by atoms with Gasteiger partial charge in [-0.1, -0.05) is 188 Å². The molecule has 4 aromatic carbocycles. The molecule has 0 aliphatic carbocycles. The highest BCUT2D eigenvalue weighted by Crippen LogP contribution is 2.40. The van der Waals surface area contributed by atoms with Crippen LogP contribution in [0.15, 0.2) is 109 Å². The number of benzene rings is 4. The van der Waals surface area contributed by atoms with E-state index in [2.05, 4.69) is 184 Å². The molecule has 2 heterocycles. The highest BCUT2D eigenvalue weighted by atomic mass is 32.1. The molecule has 0 unspecified atom stereocenters. The third-order valence-corrected chi connectivity index (χ3v) is 13.3. The molecule has 0 saturated heterocycles. The molecular weight excluding hydrogens is 785 g/mol. The van der Waals surface area contributed by atoms with E-state index >= 15 is 0 Å². The van der Waals surface area contributed by atoms with Crippen LogP contribution in [-0.2, 0) is 25.7 Å². The number of rotatable bonds is 17. The van der Waals surface area contributed by atoms with Crippen molar-refractivity contribution < 1.29 is 0 Å². The number of aryl methyl sites for hydroxylation is 4. The van der Waals surface area contributed by atoms with Gasteiger partial charge in [0.05, 0.1) is 19.5 Å². The van der Waals surface area contributed by atoms with Gasteiger partial charge >= 0.3 is 0 Å². The summed E-state index contributed by atoms with van der Waals surface area (Å²) in [6, 6.07) is 39.3. The molecule has 0 spiro atoms. The fourth-order valence-electron chi connectivity index (χ4n) is 7.44. The average molecular weight is 847 g/mol. The predicted molar refractivity (Wildman–Crippen MR) is 270 cm³/mol. The fraction of sp³-hybridized carbons (Fsp3) is 0.333. The smallest absolute Gasteiger partial charge is 0.0792 e. The first-order valence-electron chi connectivity index (χ1n) is 23.2. The van der Waals surface area contributed by atoms with Gasteiger partial charge < -0.3 is 0 Å². The Morgan fingerprint density at radius 1 is 0.306 bits per heavy atom. The van der Waals surface area contributed by atoms with Gasteiger partial charge in [0.25, 0.3) is 0 Å². The lowest BCUT2D eigenvalue weighted by Crippen LogP contribution is -1.87. The van der Waals surface area contributed by atoms with Gasteiger partial charge in [-0.3, -0.25) is 0 Å². The van der Waals surface area contributed by atoms with Crippen molar-refractivity contribution in [3.63, 3.8) is 0 Å². The Morgan fingerprint density at radius 3 is 0.935 bits per heavy atom. The van der Waals surface area contributed by atoms with Crippen LogP contribution >= 0.6 is 22.7 Å². The van der Waals surface area contributed by atoms with Crippen LogP contribution < -0.4 is 0 Å². The van der Waals surface area contributed by atoms with E-state index in [1.165, 1.54) is 86.5 Å². The molecule has 0 saturated carbocycles. The topological polar surface area (TPSA) is 0 Å². The lowest BCUT2D eigenvalue weighted by atomic mass is 10.0. The van der Waals surface area contributed by atoms with E-state index in [1.807, 2.05) is 0 Å². The molecule has 0 aliphatic rings. The van der Waals surface area contributed by atoms with Gasteiger partial charge in [0.15, 0.2) is 0 Å². The number of thiophene rings is 2. The molecule has 0 amide bonds. The van der Waals surface area contributed by atoms with E-state index < -0.39 is 0 Å². The summed E-state index contributed by atoms with van der Waals surface area (Å²) in [5.74, 6) is 28.1. The van der Waals surface area contributed by atoms with E-state index in [1.54, 1.807) is 22.7 Å². The van der Waals surface area contributed by atoms with E-state index in [9.17, 15) is 0 Å². The van der Waals surface area contributed by atoms with E-state index in [0.717, 1.165) is 91.4 Å². The maximum absolute atomic E-state index is 3.59. The van der Waals surface area contributed by atoms with Crippen LogP contribution in [0.4, 0.5) is 0 Å². The average Bonchev–Trinajstić information content (AvgIpc) is 3.91. The normalized spacial score (nSPS) is 10.5. The van der Waals surface area contributed by atoms with Crippen LogP contribution in [0.5, 0.6) is 0 Å². The van der Waals surface area contributed by atoms with Crippen molar-refractivity contribution >= 4 is 22.7 Å². The van der Waals surface area contributed by atoms with Crippen molar-refractivity contribution in [2.24, 2.45) is 0 Å². The summed E-state index contributed by atoms with van der Waals surface area (Å²) in [7, 11) is 0. The van der Waals surface area contributed by atoms with Gasteiger partial charge in [-0.25, -0.2) is 0 Å². The second-order valence-electron chi connectivity index (χ2n) is 16.3. The summed E-state index contributed by atoms with van der Waals surface area (Å²) in [5.41, 5.74) is 11.5. The second-order valence-corrected chi connectivity index (χ2v) is 18.4. The zero-order valence-electron chi connectivity index (χ0n) is 37.5. The van der Waals surface area contributed by atoms with E-state index in [4.69, 9.17) is 0 Å². The van der Waals surface area contributed by atoms with Crippen molar-refractivity contribution in [3.05, 3.63) is 175 Å². The molecule has 2 heteroatoms. The largest absolute Gasteiger partial charge is 0.124 e. The molecule has 6 aromatic rings. The Balaban J connectivity index is 1.35. The van der Waals surface area contributed by atoms with E-state index in [0.29, 0.717) is 0 Å². The molecule has 0 aliphatic heterocycles. The fourth-order valence-corrected chi connectivity index (χ4v) is 9.53. The minimum atomic E-state index is 0.969. The third kappa shape index (κ3) is 14.9. The molecule has 314 valence electrons. The third-order valence-electron chi connectivity index (χ3n) is 11.0. The molecular formula is C60H62S2. The van der Waals surface area contributed by atoms with Gasteiger partial charge in [-0.15, -0.1) is 22.7 Å². The SMILES string of the molecule is CCCCCCCc1ccc(C#Cc2cc(C#Cc3ccc(CCC)cc3)sc2-c2sc(C#Cc3ccc(CCC)cc3)cc2C#Cc2ccc(CCCCCCC)cc2)cc1. The summed E-state index contributed by atoms with van der Waals surface area (Å²) in [4.78, 5) is 4.15. The van der Waals surface area contributed by atoms with Crippen molar-refractivity contribution in [1.82, 2.24) is 0 Å². The Kier molecular flexibility index (Phi) is 18.9. The Labute approximate surface area is 382 Å². The molecule has 0 nitrogen and oxygen atoms in total. The predicted octanol–water partition coefficient (Wildman–Crippen LogP) is 16.0. The quantitative estimate of drug-likeness (QED) is 0.0634.